The third-order valence-electron chi connectivity index (χ3n) is 2.49. The van der Waals surface area contributed by atoms with Gasteiger partial charge in [-0.3, -0.25) is 4.79 Å². The van der Waals surface area contributed by atoms with Crippen LogP contribution in [0.25, 0.3) is 0 Å². The van der Waals surface area contributed by atoms with E-state index in [0.29, 0.717) is 23.3 Å². The Balaban J connectivity index is 2.00. The van der Waals surface area contributed by atoms with E-state index < -0.39 is 0 Å². The zero-order valence-electron chi connectivity index (χ0n) is 9.98. The summed E-state index contributed by atoms with van der Waals surface area (Å²) in [5, 5.41) is 0. The smallest absolute Gasteiger partial charge is 0.265 e. The maximum absolute atomic E-state index is 11.8. The van der Waals surface area contributed by atoms with Gasteiger partial charge < -0.3 is 15.0 Å². The molecule has 0 spiro atoms. The lowest BCUT2D eigenvalue weighted by Crippen LogP contribution is -2.23. The molecule has 0 fully saturated rings. The van der Waals surface area contributed by atoms with Gasteiger partial charge in [0.25, 0.3) is 5.56 Å². The normalized spacial score (nSPS) is 10.4. The van der Waals surface area contributed by atoms with Crippen molar-refractivity contribution < 1.29 is 4.74 Å². The van der Waals surface area contributed by atoms with Gasteiger partial charge in [0.15, 0.2) is 0 Å². The second-order valence-corrected chi connectivity index (χ2v) is 5.69. The molecule has 1 heterocycles. The monoisotopic (exact) mass is 386 g/mol. The molecule has 1 aromatic carbocycles. The fourth-order valence-corrected chi connectivity index (χ4v) is 2.81. The van der Waals surface area contributed by atoms with Crippen LogP contribution < -0.4 is 16.0 Å². The first kappa shape index (κ1) is 14.1. The van der Waals surface area contributed by atoms with Crippen LogP contribution in [0.4, 0.5) is 5.69 Å². The number of anilines is 1. The SMILES string of the molecule is Nc1ccc(OCCn2cc(Br)cc(Br)c2=O)cc1. The van der Waals surface area contributed by atoms with Crippen LogP contribution in [0.1, 0.15) is 0 Å². The van der Waals surface area contributed by atoms with Gasteiger partial charge in [-0.05, 0) is 62.2 Å². The van der Waals surface area contributed by atoms with Gasteiger partial charge in [-0.2, -0.15) is 0 Å². The Labute approximate surface area is 127 Å². The molecule has 2 aromatic rings. The molecule has 1 aromatic heterocycles. The Bertz CT molecular complexity index is 624. The summed E-state index contributed by atoms with van der Waals surface area (Å²) in [5.74, 6) is 0.733. The number of hydrogen-bond donors (Lipinski definition) is 1. The highest BCUT2D eigenvalue weighted by molar-refractivity contribution is 9.11. The van der Waals surface area contributed by atoms with Gasteiger partial charge in [-0.25, -0.2) is 0 Å². The van der Waals surface area contributed by atoms with Crippen molar-refractivity contribution in [3.63, 3.8) is 0 Å². The quantitative estimate of drug-likeness (QED) is 0.820. The first-order valence-corrected chi connectivity index (χ1v) is 7.18. The highest BCUT2D eigenvalue weighted by atomic mass is 79.9. The molecule has 19 heavy (non-hydrogen) atoms. The fourth-order valence-electron chi connectivity index (χ4n) is 1.56. The van der Waals surface area contributed by atoms with Crippen LogP contribution in [-0.4, -0.2) is 11.2 Å². The number of rotatable bonds is 4. The van der Waals surface area contributed by atoms with E-state index in [2.05, 4.69) is 31.9 Å². The molecule has 0 aliphatic carbocycles. The van der Waals surface area contributed by atoms with Crippen molar-refractivity contribution in [2.24, 2.45) is 0 Å². The van der Waals surface area contributed by atoms with Gasteiger partial charge in [-0.1, -0.05) is 0 Å². The number of nitrogen functional groups attached to an aromatic ring is 1. The Morgan fingerprint density at radius 2 is 1.89 bits per heavy atom. The van der Waals surface area contributed by atoms with Crippen LogP contribution in [0.2, 0.25) is 0 Å². The van der Waals surface area contributed by atoms with Crippen molar-refractivity contribution in [1.82, 2.24) is 4.57 Å². The Kier molecular flexibility index (Phi) is 4.66. The lowest BCUT2D eigenvalue weighted by atomic mass is 10.3. The molecule has 0 aliphatic rings. The molecule has 2 N–H and O–H groups in total. The second kappa shape index (κ2) is 6.25. The van der Waals surface area contributed by atoms with Gasteiger partial charge in [0.05, 0.1) is 11.0 Å². The van der Waals surface area contributed by atoms with E-state index in [4.69, 9.17) is 10.5 Å². The summed E-state index contributed by atoms with van der Waals surface area (Å²) < 4.78 is 8.50. The Hall–Kier alpha value is -1.27. The zero-order valence-corrected chi connectivity index (χ0v) is 13.1. The Morgan fingerprint density at radius 3 is 2.58 bits per heavy atom. The van der Waals surface area contributed by atoms with Crippen molar-refractivity contribution in [2.45, 2.75) is 6.54 Å². The molecular weight excluding hydrogens is 376 g/mol. The third kappa shape index (κ3) is 3.84. The lowest BCUT2D eigenvalue weighted by Gasteiger charge is -2.09. The average Bonchev–Trinajstić information content (AvgIpc) is 2.37. The molecule has 0 saturated heterocycles. The maximum Gasteiger partial charge on any atom is 0.265 e. The van der Waals surface area contributed by atoms with Crippen LogP contribution in [0, 0.1) is 0 Å². The topological polar surface area (TPSA) is 57.2 Å². The molecule has 0 unspecified atom stereocenters. The van der Waals surface area contributed by atoms with Gasteiger partial charge in [0.2, 0.25) is 0 Å². The molecular formula is C13H12Br2N2O2. The standard InChI is InChI=1S/C13H12Br2N2O2/c14-9-7-12(15)13(18)17(8-9)5-6-19-11-3-1-10(16)2-4-11/h1-4,7-8H,5-6,16H2. The molecule has 6 heteroatoms. The lowest BCUT2D eigenvalue weighted by molar-refractivity contribution is 0.296. The number of ether oxygens (including phenoxy) is 1. The van der Waals surface area contributed by atoms with Gasteiger partial charge in [0.1, 0.15) is 12.4 Å². The summed E-state index contributed by atoms with van der Waals surface area (Å²) in [6, 6.07) is 8.87. The van der Waals surface area contributed by atoms with Crippen LogP contribution >= 0.6 is 31.9 Å². The van der Waals surface area contributed by atoms with E-state index in [1.54, 1.807) is 41.1 Å². The van der Waals surface area contributed by atoms with E-state index in [-0.39, 0.29) is 5.56 Å². The number of halogens is 2. The highest BCUT2D eigenvalue weighted by Crippen LogP contribution is 2.14. The minimum absolute atomic E-state index is 0.0795. The number of nitrogens with two attached hydrogens (primary N) is 1. The van der Waals surface area contributed by atoms with E-state index in [1.807, 2.05) is 0 Å². The predicted molar refractivity (Wildman–Crippen MR) is 82.5 cm³/mol. The number of hydrogen-bond acceptors (Lipinski definition) is 3. The molecule has 0 radical (unpaired) electrons. The van der Waals surface area contributed by atoms with Crippen molar-refractivity contribution in [2.75, 3.05) is 12.3 Å². The molecule has 0 amide bonds. The molecule has 2 rings (SSSR count). The first-order chi connectivity index (χ1) is 9.06. The molecule has 4 nitrogen and oxygen atoms in total. The third-order valence-corrected chi connectivity index (χ3v) is 3.49. The number of pyridine rings is 1. The van der Waals surface area contributed by atoms with Crippen LogP contribution in [-0.2, 0) is 6.54 Å². The molecule has 0 bridgehead atoms. The molecule has 0 saturated carbocycles. The van der Waals surface area contributed by atoms with Crippen molar-refractivity contribution in [3.05, 3.63) is 55.8 Å². The maximum atomic E-state index is 11.8. The predicted octanol–water partition coefficient (Wildman–Crippen LogP) is 3.03. The molecule has 0 aliphatic heterocycles. The molecule has 100 valence electrons. The van der Waals surface area contributed by atoms with Crippen molar-refractivity contribution in [1.29, 1.82) is 0 Å². The summed E-state index contributed by atoms with van der Waals surface area (Å²) in [5.41, 5.74) is 6.20. The van der Waals surface area contributed by atoms with E-state index in [9.17, 15) is 4.79 Å². The van der Waals surface area contributed by atoms with E-state index in [1.165, 1.54) is 0 Å². The second-order valence-electron chi connectivity index (χ2n) is 3.92. The summed E-state index contributed by atoms with van der Waals surface area (Å²) in [6.45, 7) is 0.883. The summed E-state index contributed by atoms with van der Waals surface area (Å²) in [7, 11) is 0. The van der Waals surface area contributed by atoms with Crippen molar-refractivity contribution in [3.8, 4) is 5.75 Å². The minimum atomic E-state index is -0.0795. The summed E-state index contributed by atoms with van der Waals surface area (Å²) in [6.07, 6.45) is 1.74. The number of aromatic nitrogens is 1. The molecule has 0 atom stereocenters. The number of nitrogens with zero attached hydrogens (tertiary/aromatic N) is 1. The van der Waals surface area contributed by atoms with Gasteiger partial charge in [-0.15, -0.1) is 0 Å². The van der Waals surface area contributed by atoms with Crippen LogP contribution in [0.5, 0.6) is 5.75 Å². The van der Waals surface area contributed by atoms with Gasteiger partial charge in [0, 0.05) is 16.4 Å². The zero-order chi connectivity index (χ0) is 13.8. The Morgan fingerprint density at radius 1 is 1.21 bits per heavy atom. The van der Waals surface area contributed by atoms with E-state index >= 15 is 0 Å². The van der Waals surface area contributed by atoms with E-state index in [0.717, 1.165) is 10.2 Å². The summed E-state index contributed by atoms with van der Waals surface area (Å²) >= 11 is 6.57. The minimum Gasteiger partial charge on any atom is -0.492 e. The highest BCUT2D eigenvalue weighted by Gasteiger charge is 2.03. The van der Waals surface area contributed by atoms with Crippen molar-refractivity contribution >= 4 is 37.5 Å². The fraction of sp³-hybridized carbons (Fsp3) is 0.154. The first-order valence-electron chi connectivity index (χ1n) is 5.60. The van der Waals surface area contributed by atoms with Crippen LogP contribution in [0.3, 0.4) is 0 Å². The largest absolute Gasteiger partial charge is 0.492 e. The van der Waals surface area contributed by atoms with Crippen LogP contribution in [0.15, 0.2) is 50.3 Å². The number of benzene rings is 1. The summed E-state index contributed by atoms with van der Waals surface area (Å²) in [4.78, 5) is 11.8. The van der Waals surface area contributed by atoms with Gasteiger partial charge >= 0.3 is 0 Å². The average molecular weight is 388 g/mol.